The summed E-state index contributed by atoms with van der Waals surface area (Å²) in [5, 5.41) is 0. The molecule has 0 bridgehead atoms. The van der Waals surface area contributed by atoms with E-state index in [2.05, 4.69) is 18.6 Å². The van der Waals surface area contributed by atoms with E-state index in [-0.39, 0.29) is 0 Å². The second-order valence-electron chi connectivity index (χ2n) is 4.79. The van der Waals surface area contributed by atoms with E-state index in [4.69, 9.17) is 0 Å². The molecule has 0 spiro atoms. The molecule has 0 heterocycles. The van der Waals surface area contributed by atoms with Crippen molar-refractivity contribution >= 4 is 5.97 Å². The quantitative estimate of drug-likeness (QED) is 0.753. The van der Waals surface area contributed by atoms with Crippen molar-refractivity contribution in [1.29, 1.82) is 0 Å². The second-order valence-corrected chi connectivity index (χ2v) is 4.79. The fourth-order valence-electron chi connectivity index (χ4n) is 1.73. The SMILES string of the molecule is COC(=O)C(C)(F)c1ccc(CC(C)C)cc1. The maximum Gasteiger partial charge on any atom is 0.348 e. The molecular formula is C14H19FO2. The number of rotatable bonds is 4. The number of halogens is 1. The molecule has 3 heteroatoms. The van der Waals surface area contributed by atoms with Crippen LogP contribution in [0.5, 0.6) is 0 Å². The third-order valence-electron chi connectivity index (χ3n) is 2.71. The van der Waals surface area contributed by atoms with Gasteiger partial charge in [0.25, 0.3) is 0 Å². The molecule has 0 saturated heterocycles. The Hall–Kier alpha value is -1.38. The van der Waals surface area contributed by atoms with E-state index in [1.807, 2.05) is 12.1 Å². The van der Waals surface area contributed by atoms with E-state index >= 15 is 0 Å². The molecule has 1 aromatic carbocycles. The minimum Gasteiger partial charge on any atom is -0.466 e. The fourth-order valence-corrected chi connectivity index (χ4v) is 1.73. The Labute approximate surface area is 102 Å². The zero-order valence-corrected chi connectivity index (χ0v) is 10.8. The average molecular weight is 238 g/mol. The van der Waals surface area contributed by atoms with Crippen LogP contribution in [0, 0.1) is 5.92 Å². The molecule has 1 aromatic rings. The summed E-state index contributed by atoms with van der Waals surface area (Å²) in [6, 6.07) is 7.01. The Kier molecular flexibility index (Phi) is 4.27. The summed E-state index contributed by atoms with van der Waals surface area (Å²) in [7, 11) is 1.19. The number of carbonyl (C=O) groups excluding carboxylic acids is 1. The van der Waals surface area contributed by atoms with E-state index in [1.54, 1.807) is 12.1 Å². The summed E-state index contributed by atoms with van der Waals surface area (Å²) in [5.41, 5.74) is -0.605. The van der Waals surface area contributed by atoms with Gasteiger partial charge in [-0.05, 0) is 24.8 Å². The third kappa shape index (κ3) is 3.29. The van der Waals surface area contributed by atoms with Gasteiger partial charge < -0.3 is 4.74 Å². The number of hydrogen-bond acceptors (Lipinski definition) is 2. The molecule has 0 aromatic heterocycles. The van der Waals surface area contributed by atoms with Crippen LogP contribution in [0.1, 0.15) is 31.9 Å². The van der Waals surface area contributed by atoms with Gasteiger partial charge in [0.2, 0.25) is 5.67 Å². The predicted octanol–water partition coefficient (Wildman–Crippen LogP) is 3.24. The minimum atomic E-state index is -2.08. The fraction of sp³-hybridized carbons (Fsp3) is 0.500. The average Bonchev–Trinajstić information content (AvgIpc) is 2.27. The zero-order chi connectivity index (χ0) is 13.1. The van der Waals surface area contributed by atoms with Gasteiger partial charge >= 0.3 is 5.97 Å². The molecule has 0 radical (unpaired) electrons. The van der Waals surface area contributed by atoms with Gasteiger partial charge in [0.15, 0.2) is 0 Å². The first-order chi connectivity index (χ1) is 7.87. The van der Waals surface area contributed by atoms with Gasteiger partial charge in [0.05, 0.1) is 7.11 Å². The molecule has 1 rings (SSSR count). The van der Waals surface area contributed by atoms with Crippen molar-refractivity contribution in [1.82, 2.24) is 0 Å². The van der Waals surface area contributed by atoms with Crippen LogP contribution in [0.15, 0.2) is 24.3 Å². The van der Waals surface area contributed by atoms with Crippen molar-refractivity contribution in [3.63, 3.8) is 0 Å². The smallest absolute Gasteiger partial charge is 0.348 e. The Morgan fingerprint density at radius 1 is 1.35 bits per heavy atom. The van der Waals surface area contributed by atoms with E-state index < -0.39 is 11.6 Å². The molecule has 0 amide bonds. The van der Waals surface area contributed by atoms with Crippen LogP contribution >= 0.6 is 0 Å². The molecule has 0 N–H and O–H groups in total. The molecular weight excluding hydrogens is 219 g/mol. The van der Waals surface area contributed by atoms with Crippen LogP contribution in [0.2, 0.25) is 0 Å². The summed E-state index contributed by atoms with van der Waals surface area (Å²) in [5.74, 6) is -0.313. The van der Waals surface area contributed by atoms with E-state index in [1.165, 1.54) is 14.0 Å². The van der Waals surface area contributed by atoms with Crippen molar-refractivity contribution in [2.75, 3.05) is 7.11 Å². The lowest BCUT2D eigenvalue weighted by molar-refractivity contribution is -0.154. The van der Waals surface area contributed by atoms with Gasteiger partial charge in [-0.2, -0.15) is 0 Å². The van der Waals surface area contributed by atoms with Crippen molar-refractivity contribution in [3.8, 4) is 0 Å². The van der Waals surface area contributed by atoms with Crippen LogP contribution in [0.25, 0.3) is 0 Å². The molecule has 0 aliphatic heterocycles. The summed E-state index contributed by atoms with van der Waals surface area (Å²) in [6.07, 6.45) is 0.946. The van der Waals surface area contributed by atoms with Crippen LogP contribution in [-0.2, 0) is 21.6 Å². The lowest BCUT2D eigenvalue weighted by atomic mass is 9.95. The molecule has 1 atom stereocenters. The van der Waals surface area contributed by atoms with E-state index in [0.717, 1.165) is 12.0 Å². The minimum absolute atomic E-state index is 0.330. The lowest BCUT2D eigenvalue weighted by Gasteiger charge is -2.18. The van der Waals surface area contributed by atoms with Crippen molar-refractivity contribution in [3.05, 3.63) is 35.4 Å². The molecule has 0 saturated carbocycles. The molecule has 0 aliphatic rings. The third-order valence-corrected chi connectivity index (χ3v) is 2.71. The van der Waals surface area contributed by atoms with Crippen molar-refractivity contribution < 1.29 is 13.9 Å². The number of esters is 1. The first kappa shape index (κ1) is 13.7. The van der Waals surface area contributed by atoms with E-state index in [9.17, 15) is 9.18 Å². The van der Waals surface area contributed by atoms with Crippen LogP contribution in [-0.4, -0.2) is 13.1 Å². The van der Waals surface area contributed by atoms with Gasteiger partial charge in [-0.15, -0.1) is 0 Å². The highest BCUT2D eigenvalue weighted by Gasteiger charge is 2.36. The van der Waals surface area contributed by atoms with Gasteiger partial charge in [-0.1, -0.05) is 38.1 Å². The van der Waals surface area contributed by atoms with E-state index in [0.29, 0.717) is 11.5 Å². The Morgan fingerprint density at radius 3 is 2.29 bits per heavy atom. The van der Waals surface area contributed by atoms with Gasteiger partial charge in [0.1, 0.15) is 0 Å². The number of carbonyl (C=O) groups is 1. The lowest BCUT2D eigenvalue weighted by Crippen LogP contribution is -2.28. The monoisotopic (exact) mass is 238 g/mol. The van der Waals surface area contributed by atoms with Crippen molar-refractivity contribution in [2.24, 2.45) is 5.92 Å². The molecule has 0 fully saturated rings. The van der Waals surface area contributed by atoms with Gasteiger partial charge in [-0.3, -0.25) is 0 Å². The Morgan fingerprint density at radius 2 is 1.88 bits per heavy atom. The van der Waals surface area contributed by atoms with Gasteiger partial charge in [-0.25, -0.2) is 9.18 Å². The van der Waals surface area contributed by atoms with Crippen LogP contribution in [0.3, 0.4) is 0 Å². The largest absolute Gasteiger partial charge is 0.466 e. The maximum atomic E-state index is 14.1. The second kappa shape index (κ2) is 5.30. The number of benzene rings is 1. The van der Waals surface area contributed by atoms with Gasteiger partial charge in [0, 0.05) is 5.56 Å². The molecule has 17 heavy (non-hydrogen) atoms. The molecule has 2 nitrogen and oxygen atoms in total. The van der Waals surface area contributed by atoms with Crippen molar-refractivity contribution in [2.45, 2.75) is 32.9 Å². The predicted molar refractivity (Wildman–Crippen MR) is 65.5 cm³/mol. The standard InChI is InChI=1S/C14H19FO2/c1-10(2)9-11-5-7-12(8-6-11)14(3,15)13(16)17-4/h5-8,10H,9H2,1-4H3. The number of methoxy groups -OCH3 is 1. The highest BCUT2D eigenvalue weighted by Crippen LogP contribution is 2.27. The van der Waals surface area contributed by atoms with Crippen LogP contribution < -0.4 is 0 Å². The summed E-state index contributed by atoms with van der Waals surface area (Å²) in [4.78, 5) is 11.3. The topological polar surface area (TPSA) is 26.3 Å². The molecule has 1 unspecified atom stereocenters. The number of ether oxygens (including phenoxy) is 1. The first-order valence-corrected chi connectivity index (χ1v) is 5.74. The summed E-state index contributed by atoms with van der Waals surface area (Å²) >= 11 is 0. The van der Waals surface area contributed by atoms with Crippen LogP contribution in [0.4, 0.5) is 4.39 Å². The summed E-state index contributed by atoms with van der Waals surface area (Å²) < 4.78 is 18.6. The highest BCUT2D eigenvalue weighted by atomic mass is 19.1. The molecule has 94 valence electrons. The Bertz CT molecular complexity index is 380. The number of alkyl halides is 1. The Balaban J connectivity index is 2.90. The summed E-state index contributed by atoms with van der Waals surface area (Å²) in [6.45, 7) is 5.47. The molecule has 0 aliphatic carbocycles. The highest BCUT2D eigenvalue weighted by molar-refractivity contribution is 5.80. The maximum absolute atomic E-state index is 14.1. The number of hydrogen-bond donors (Lipinski definition) is 0. The zero-order valence-electron chi connectivity index (χ0n) is 10.8. The first-order valence-electron chi connectivity index (χ1n) is 5.74. The normalized spacial score (nSPS) is 14.5.